The maximum Gasteiger partial charge on any atom is 0.288 e. The number of nitro groups is 1. The molecule has 1 fully saturated rings. The highest BCUT2D eigenvalue weighted by molar-refractivity contribution is 6.32. The van der Waals surface area contributed by atoms with Gasteiger partial charge in [-0.25, -0.2) is 0 Å². The highest BCUT2D eigenvalue weighted by Gasteiger charge is 2.15. The van der Waals surface area contributed by atoms with Crippen LogP contribution < -0.4 is 5.32 Å². The lowest BCUT2D eigenvalue weighted by atomic mass is 10.1. The Morgan fingerprint density at radius 3 is 2.76 bits per heavy atom. The number of hydrogen-bond acceptors (Lipinski definition) is 4. The van der Waals surface area contributed by atoms with E-state index in [2.05, 4.69) is 17.1 Å². The van der Waals surface area contributed by atoms with Gasteiger partial charge in [-0.15, -0.1) is 0 Å². The number of nitrogens with zero attached hydrogens (tertiary/aromatic N) is 2. The quantitative estimate of drug-likeness (QED) is 0.647. The molecule has 1 aromatic carbocycles. The topological polar surface area (TPSA) is 58.4 Å². The van der Waals surface area contributed by atoms with E-state index in [4.69, 9.17) is 11.6 Å². The first-order chi connectivity index (χ1) is 10.1. The molecule has 0 saturated carbocycles. The molecule has 0 amide bonds. The summed E-state index contributed by atoms with van der Waals surface area (Å²) in [6, 6.07) is 5.32. The Hall–Kier alpha value is -1.17. The van der Waals surface area contributed by atoms with Gasteiger partial charge in [0, 0.05) is 25.2 Å². The summed E-state index contributed by atoms with van der Waals surface area (Å²) in [6.07, 6.45) is 3.92. The van der Waals surface area contributed by atoms with Crippen LogP contribution in [0.25, 0.3) is 0 Å². The fraction of sp³-hybridized carbons (Fsp3) is 0.600. The first-order valence-corrected chi connectivity index (χ1v) is 7.82. The van der Waals surface area contributed by atoms with Gasteiger partial charge in [-0.3, -0.25) is 10.1 Å². The minimum atomic E-state index is -0.441. The molecule has 5 nitrogen and oxygen atoms in total. The van der Waals surface area contributed by atoms with Crippen molar-refractivity contribution in [2.75, 3.05) is 19.6 Å². The van der Waals surface area contributed by atoms with Gasteiger partial charge < -0.3 is 10.2 Å². The lowest BCUT2D eigenvalue weighted by Crippen LogP contribution is -2.41. The second-order valence-corrected chi connectivity index (χ2v) is 6.09. The average molecular weight is 312 g/mol. The minimum Gasteiger partial charge on any atom is -0.309 e. The molecule has 0 radical (unpaired) electrons. The maximum absolute atomic E-state index is 10.9. The number of rotatable bonds is 6. The molecule has 0 bridgehead atoms. The summed E-state index contributed by atoms with van der Waals surface area (Å²) in [5.74, 6) is 0. The van der Waals surface area contributed by atoms with Gasteiger partial charge >= 0.3 is 0 Å². The Balaban J connectivity index is 1.84. The normalized spacial score (nSPS) is 17.6. The van der Waals surface area contributed by atoms with E-state index in [-0.39, 0.29) is 10.7 Å². The van der Waals surface area contributed by atoms with E-state index in [0.29, 0.717) is 12.6 Å². The number of nitro benzene ring substituents is 1. The highest BCUT2D eigenvalue weighted by atomic mass is 35.5. The summed E-state index contributed by atoms with van der Waals surface area (Å²) in [5, 5.41) is 14.5. The van der Waals surface area contributed by atoms with Gasteiger partial charge in [-0.05, 0) is 44.5 Å². The van der Waals surface area contributed by atoms with Crippen LogP contribution in [0.1, 0.15) is 31.7 Å². The van der Waals surface area contributed by atoms with Crippen LogP contribution in [0.4, 0.5) is 5.69 Å². The molecule has 0 spiro atoms. The summed E-state index contributed by atoms with van der Waals surface area (Å²) < 4.78 is 0. The highest BCUT2D eigenvalue weighted by Crippen LogP contribution is 2.25. The third kappa shape index (κ3) is 4.95. The molecule has 6 heteroatoms. The molecule has 1 N–H and O–H groups in total. The number of likely N-dealkylation sites (tertiary alicyclic amines) is 1. The van der Waals surface area contributed by atoms with E-state index in [0.717, 1.165) is 12.1 Å². The van der Waals surface area contributed by atoms with Crippen molar-refractivity contribution in [3.8, 4) is 0 Å². The molecule has 1 aliphatic rings. The van der Waals surface area contributed by atoms with Gasteiger partial charge in [0.1, 0.15) is 5.02 Å². The molecule has 1 heterocycles. The van der Waals surface area contributed by atoms with Gasteiger partial charge in [0.05, 0.1) is 4.92 Å². The number of halogens is 1. The summed E-state index contributed by atoms with van der Waals surface area (Å²) >= 11 is 5.81. The Bertz CT molecular complexity index is 490. The minimum absolute atomic E-state index is 0.0281. The Labute approximate surface area is 130 Å². The molecule has 21 heavy (non-hydrogen) atoms. The molecule has 2 rings (SSSR count). The zero-order valence-electron chi connectivity index (χ0n) is 12.3. The lowest BCUT2D eigenvalue weighted by molar-refractivity contribution is -0.384. The van der Waals surface area contributed by atoms with E-state index in [1.807, 2.05) is 6.07 Å². The first kappa shape index (κ1) is 16.2. The summed E-state index contributed by atoms with van der Waals surface area (Å²) in [5.41, 5.74) is 0.858. The van der Waals surface area contributed by atoms with E-state index < -0.39 is 4.92 Å². The van der Waals surface area contributed by atoms with Crippen LogP contribution >= 0.6 is 11.6 Å². The zero-order valence-corrected chi connectivity index (χ0v) is 13.1. The van der Waals surface area contributed by atoms with Crippen molar-refractivity contribution in [3.05, 3.63) is 38.9 Å². The van der Waals surface area contributed by atoms with Crippen LogP contribution in [0.2, 0.25) is 5.02 Å². The summed E-state index contributed by atoms with van der Waals surface area (Å²) in [4.78, 5) is 12.9. The van der Waals surface area contributed by atoms with E-state index in [1.165, 1.54) is 32.4 Å². The third-order valence-electron chi connectivity index (χ3n) is 3.84. The monoisotopic (exact) mass is 311 g/mol. The van der Waals surface area contributed by atoms with Crippen LogP contribution in [0.5, 0.6) is 0 Å². The molecule has 116 valence electrons. The van der Waals surface area contributed by atoms with Crippen molar-refractivity contribution >= 4 is 17.3 Å². The lowest BCUT2D eigenvalue weighted by Gasteiger charge is -2.29. The van der Waals surface area contributed by atoms with Crippen LogP contribution in [0, 0.1) is 10.1 Å². The summed E-state index contributed by atoms with van der Waals surface area (Å²) in [6.45, 7) is 6.15. The van der Waals surface area contributed by atoms with Crippen molar-refractivity contribution in [1.29, 1.82) is 0 Å². The molecule has 1 aliphatic heterocycles. The number of nitrogens with one attached hydrogen (secondary N) is 1. The van der Waals surface area contributed by atoms with E-state index >= 15 is 0 Å². The Kier molecular flexibility index (Phi) is 5.96. The molecular formula is C15H22ClN3O2. The number of benzene rings is 1. The van der Waals surface area contributed by atoms with Crippen LogP contribution in [0.3, 0.4) is 0 Å². The van der Waals surface area contributed by atoms with Crippen LogP contribution in [-0.4, -0.2) is 35.5 Å². The van der Waals surface area contributed by atoms with Crippen molar-refractivity contribution in [2.24, 2.45) is 0 Å². The molecular weight excluding hydrogens is 290 g/mol. The molecule has 1 aromatic rings. The van der Waals surface area contributed by atoms with Gasteiger partial charge in [0.15, 0.2) is 0 Å². The van der Waals surface area contributed by atoms with Gasteiger partial charge in [-0.1, -0.05) is 24.1 Å². The standard InChI is InChI=1S/C15H22ClN3O2/c1-12(11-18-7-3-2-4-8-18)17-10-13-5-6-14(16)15(9-13)19(20)21/h5-6,9,12,17H,2-4,7-8,10-11H2,1H3. The second-order valence-electron chi connectivity index (χ2n) is 5.69. The van der Waals surface area contributed by atoms with Crippen molar-refractivity contribution in [1.82, 2.24) is 10.2 Å². The zero-order chi connectivity index (χ0) is 15.2. The van der Waals surface area contributed by atoms with E-state index in [1.54, 1.807) is 12.1 Å². The average Bonchev–Trinajstić information content (AvgIpc) is 2.47. The van der Waals surface area contributed by atoms with Crippen molar-refractivity contribution < 1.29 is 4.92 Å². The first-order valence-electron chi connectivity index (χ1n) is 7.45. The maximum atomic E-state index is 10.9. The smallest absolute Gasteiger partial charge is 0.288 e. The second kappa shape index (κ2) is 7.73. The van der Waals surface area contributed by atoms with Crippen molar-refractivity contribution in [3.63, 3.8) is 0 Å². The predicted octanol–water partition coefficient (Wildman–Crippen LogP) is 3.21. The van der Waals surface area contributed by atoms with E-state index in [9.17, 15) is 10.1 Å². The largest absolute Gasteiger partial charge is 0.309 e. The fourth-order valence-corrected chi connectivity index (χ4v) is 2.88. The van der Waals surface area contributed by atoms with Gasteiger partial charge in [-0.2, -0.15) is 0 Å². The van der Waals surface area contributed by atoms with Crippen LogP contribution in [0.15, 0.2) is 18.2 Å². The SMILES string of the molecule is CC(CN1CCCCC1)NCc1ccc(Cl)c([N+](=O)[O-])c1. The molecule has 1 atom stereocenters. The van der Waals surface area contributed by atoms with Crippen LogP contribution in [-0.2, 0) is 6.54 Å². The van der Waals surface area contributed by atoms with Gasteiger partial charge in [0.2, 0.25) is 0 Å². The molecule has 0 aliphatic carbocycles. The van der Waals surface area contributed by atoms with Gasteiger partial charge in [0.25, 0.3) is 5.69 Å². The number of hydrogen-bond donors (Lipinski definition) is 1. The Morgan fingerprint density at radius 1 is 1.38 bits per heavy atom. The number of piperidine rings is 1. The third-order valence-corrected chi connectivity index (χ3v) is 4.16. The predicted molar refractivity (Wildman–Crippen MR) is 84.7 cm³/mol. The molecule has 1 saturated heterocycles. The summed E-state index contributed by atoms with van der Waals surface area (Å²) in [7, 11) is 0. The molecule has 1 unspecified atom stereocenters. The molecule has 0 aromatic heterocycles. The fourth-order valence-electron chi connectivity index (χ4n) is 2.69. The Morgan fingerprint density at radius 2 is 2.10 bits per heavy atom. The van der Waals surface area contributed by atoms with Crippen molar-refractivity contribution in [2.45, 2.75) is 38.8 Å².